The molecule has 0 aliphatic carbocycles. The van der Waals surface area contributed by atoms with E-state index in [-0.39, 0.29) is 6.10 Å². The summed E-state index contributed by atoms with van der Waals surface area (Å²) < 4.78 is 45.0. The van der Waals surface area contributed by atoms with Crippen molar-refractivity contribution in [1.82, 2.24) is 14.6 Å². The van der Waals surface area contributed by atoms with Gasteiger partial charge in [-0.05, 0) is 25.0 Å². The number of fused-ring (bicyclic) bond motifs is 1. The third-order valence-corrected chi connectivity index (χ3v) is 4.20. The topological polar surface area (TPSA) is 39.4 Å². The van der Waals surface area contributed by atoms with Crippen LogP contribution in [0.25, 0.3) is 5.65 Å². The highest BCUT2D eigenvalue weighted by Crippen LogP contribution is 2.30. The second kappa shape index (κ2) is 5.25. The van der Waals surface area contributed by atoms with E-state index in [1.165, 1.54) is 22.2 Å². The maximum atomic E-state index is 12.7. The summed E-state index contributed by atoms with van der Waals surface area (Å²) in [5, 5.41) is 8.26. The number of pyridine rings is 1. The van der Waals surface area contributed by atoms with E-state index in [4.69, 9.17) is 4.74 Å². The number of rotatable bonds is 3. The second-order valence-corrected chi connectivity index (χ2v) is 5.56. The average molecular weight is 303 g/mol. The van der Waals surface area contributed by atoms with E-state index in [0.29, 0.717) is 16.6 Å². The van der Waals surface area contributed by atoms with Crippen LogP contribution in [0.15, 0.2) is 23.5 Å². The molecule has 1 saturated heterocycles. The van der Waals surface area contributed by atoms with E-state index in [1.807, 2.05) is 0 Å². The van der Waals surface area contributed by atoms with Crippen molar-refractivity contribution >= 4 is 17.4 Å². The lowest BCUT2D eigenvalue weighted by Gasteiger charge is -2.09. The monoisotopic (exact) mass is 303 g/mol. The van der Waals surface area contributed by atoms with Crippen molar-refractivity contribution in [3.63, 3.8) is 0 Å². The van der Waals surface area contributed by atoms with Gasteiger partial charge in [0, 0.05) is 18.6 Å². The quantitative estimate of drug-likeness (QED) is 0.817. The summed E-state index contributed by atoms with van der Waals surface area (Å²) in [5.41, 5.74) is -0.295. The zero-order valence-electron chi connectivity index (χ0n) is 10.4. The summed E-state index contributed by atoms with van der Waals surface area (Å²) in [4.78, 5) is 0. The Morgan fingerprint density at radius 1 is 1.35 bits per heavy atom. The minimum atomic E-state index is -4.37. The molecule has 108 valence electrons. The molecule has 3 heterocycles. The summed E-state index contributed by atoms with van der Waals surface area (Å²) in [5.74, 6) is 0.678. The number of thioether (sulfide) groups is 1. The summed E-state index contributed by atoms with van der Waals surface area (Å²) >= 11 is 1.37. The Morgan fingerprint density at radius 3 is 2.90 bits per heavy atom. The molecule has 1 aliphatic rings. The molecule has 0 bridgehead atoms. The Morgan fingerprint density at radius 2 is 2.20 bits per heavy atom. The van der Waals surface area contributed by atoms with E-state index in [9.17, 15) is 13.2 Å². The summed E-state index contributed by atoms with van der Waals surface area (Å²) in [6.07, 6.45) is -1.16. The van der Waals surface area contributed by atoms with Crippen molar-refractivity contribution in [2.75, 3.05) is 12.4 Å². The van der Waals surface area contributed by atoms with E-state index in [0.717, 1.165) is 31.7 Å². The summed E-state index contributed by atoms with van der Waals surface area (Å²) in [6, 6.07) is 2.34. The van der Waals surface area contributed by atoms with E-state index >= 15 is 0 Å². The van der Waals surface area contributed by atoms with Crippen LogP contribution in [0.1, 0.15) is 18.4 Å². The molecule has 0 amide bonds. The van der Waals surface area contributed by atoms with Crippen molar-refractivity contribution in [2.24, 2.45) is 0 Å². The highest BCUT2D eigenvalue weighted by atomic mass is 32.2. The highest BCUT2D eigenvalue weighted by molar-refractivity contribution is 7.99. The summed E-state index contributed by atoms with van der Waals surface area (Å²) in [6.45, 7) is 0.754. The van der Waals surface area contributed by atoms with Gasteiger partial charge in [0.2, 0.25) is 0 Å². The predicted molar refractivity (Wildman–Crippen MR) is 67.7 cm³/mol. The Labute approximate surface area is 117 Å². The number of alkyl halides is 3. The minimum absolute atomic E-state index is 0.151. The van der Waals surface area contributed by atoms with Crippen LogP contribution < -0.4 is 0 Å². The van der Waals surface area contributed by atoms with Crippen LogP contribution in [-0.2, 0) is 10.9 Å². The maximum absolute atomic E-state index is 12.7. The molecule has 3 rings (SSSR count). The Kier molecular flexibility index (Phi) is 3.59. The average Bonchev–Trinajstić information content (AvgIpc) is 3.04. The van der Waals surface area contributed by atoms with Crippen molar-refractivity contribution in [2.45, 2.75) is 30.3 Å². The van der Waals surface area contributed by atoms with Gasteiger partial charge in [0.05, 0.1) is 11.7 Å². The van der Waals surface area contributed by atoms with Gasteiger partial charge in [0.25, 0.3) is 0 Å². The third kappa shape index (κ3) is 2.76. The molecule has 0 spiro atoms. The first-order valence-corrected chi connectivity index (χ1v) is 7.19. The van der Waals surface area contributed by atoms with Gasteiger partial charge in [-0.15, -0.1) is 10.2 Å². The normalized spacial score (nSPS) is 19.9. The van der Waals surface area contributed by atoms with Crippen LogP contribution in [0.5, 0.6) is 0 Å². The lowest BCUT2D eigenvalue weighted by atomic mass is 10.3. The Hall–Kier alpha value is -1.28. The molecular weight excluding hydrogens is 291 g/mol. The molecular formula is C12H12F3N3OS. The number of ether oxygens (including phenoxy) is 1. The zero-order valence-corrected chi connectivity index (χ0v) is 11.2. The van der Waals surface area contributed by atoms with Gasteiger partial charge in [0.15, 0.2) is 10.8 Å². The lowest BCUT2D eigenvalue weighted by Crippen LogP contribution is -2.09. The van der Waals surface area contributed by atoms with Crippen LogP contribution in [0, 0.1) is 0 Å². The van der Waals surface area contributed by atoms with Crippen molar-refractivity contribution in [3.8, 4) is 0 Å². The molecule has 1 aliphatic heterocycles. The van der Waals surface area contributed by atoms with Crippen LogP contribution >= 0.6 is 11.8 Å². The molecule has 1 atom stereocenters. The lowest BCUT2D eigenvalue weighted by molar-refractivity contribution is -0.137. The van der Waals surface area contributed by atoms with E-state index in [1.54, 1.807) is 0 Å². The number of hydrogen-bond donors (Lipinski definition) is 0. The van der Waals surface area contributed by atoms with Gasteiger partial charge < -0.3 is 4.74 Å². The first-order chi connectivity index (χ1) is 9.54. The van der Waals surface area contributed by atoms with Crippen molar-refractivity contribution in [1.29, 1.82) is 0 Å². The molecule has 1 unspecified atom stereocenters. The molecule has 8 heteroatoms. The summed E-state index contributed by atoms with van der Waals surface area (Å²) in [7, 11) is 0. The maximum Gasteiger partial charge on any atom is 0.417 e. The van der Waals surface area contributed by atoms with Gasteiger partial charge >= 0.3 is 6.18 Å². The number of aromatic nitrogens is 3. The first kappa shape index (κ1) is 13.7. The van der Waals surface area contributed by atoms with E-state index < -0.39 is 11.7 Å². The smallest absolute Gasteiger partial charge is 0.377 e. The van der Waals surface area contributed by atoms with Gasteiger partial charge in [-0.3, -0.25) is 4.40 Å². The molecule has 0 aromatic carbocycles. The number of halogens is 3. The molecule has 20 heavy (non-hydrogen) atoms. The number of hydrogen-bond acceptors (Lipinski definition) is 4. The van der Waals surface area contributed by atoms with Gasteiger partial charge in [-0.25, -0.2) is 0 Å². The molecule has 0 saturated carbocycles. The fourth-order valence-corrected chi connectivity index (χ4v) is 3.06. The molecule has 2 aromatic heterocycles. The van der Waals surface area contributed by atoms with Crippen LogP contribution in [0.4, 0.5) is 13.2 Å². The van der Waals surface area contributed by atoms with Gasteiger partial charge in [-0.2, -0.15) is 13.2 Å². The number of nitrogens with zero attached hydrogens (tertiary/aromatic N) is 3. The van der Waals surface area contributed by atoms with Gasteiger partial charge in [0.1, 0.15) is 0 Å². The predicted octanol–water partition coefficient (Wildman–Crippen LogP) is 3.02. The van der Waals surface area contributed by atoms with Gasteiger partial charge in [-0.1, -0.05) is 11.8 Å². The third-order valence-electron chi connectivity index (χ3n) is 3.12. The standard InChI is InChI=1S/C12H12F3N3OS/c13-12(14,15)8-3-4-10-16-17-11(18(10)6-8)20-7-9-2-1-5-19-9/h3-4,6,9H,1-2,5,7H2. The van der Waals surface area contributed by atoms with Crippen molar-refractivity contribution in [3.05, 3.63) is 23.9 Å². The second-order valence-electron chi connectivity index (χ2n) is 4.57. The molecule has 1 fully saturated rings. The SMILES string of the molecule is FC(F)(F)c1ccc2nnc(SCC3CCCO3)n2c1. The molecule has 2 aromatic rings. The zero-order chi connectivity index (χ0) is 14.2. The highest BCUT2D eigenvalue weighted by Gasteiger charge is 2.31. The fraction of sp³-hybridized carbons (Fsp3) is 0.500. The minimum Gasteiger partial charge on any atom is -0.377 e. The molecule has 0 N–H and O–H groups in total. The van der Waals surface area contributed by atoms with Crippen LogP contribution in [0.3, 0.4) is 0 Å². The van der Waals surface area contributed by atoms with Crippen LogP contribution in [-0.4, -0.2) is 33.1 Å². The Balaban J connectivity index is 1.83. The Bertz CT molecular complexity index is 608. The largest absolute Gasteiger partial charge is 0.417 e. The fourth-order valence-electron chi connectivity index (χ4n) is 2.08. The van der Waals surface area contributed by atoms with Crippen molar-refractivity contribution < 1.29 is 17.9 Å². The molecule has 0 radical (unpaired) electrons. The first-order valence-electron chi connectivity index (χ1n) is 6.20. The molecule has 4 nitrogen and oxygen atoms in total. The van der Waals surface area contributed by atoms with E-state index in [2.05, 4.69) is 10.2 Å². The van der Waals surface area contributed by atoms with Crippen LogP contribution in [0.2, 0.25) is 0 Å².